The molecular formula is C14H23NO. The van der Waals surface area contributed by atoms with Gasteiger partial charge in [0, 0.05) is 0 Å². The van der Waals surface area contributed by atoms with E-state index in [-0.39, 0.29) is 0 Å². The maximum absolute atomic E-state index is 5.59. The molecule has 16 heavy (non-hydrogen) atoms. The molecule has 1 aromatic rings. The normalized spacial score (nSPS) is 27.1. The van der Waals surface area contributed by atoms with Crippen LogP contribution in [-0.2, 0) is 0 Å². The molecule has 2 heteroatoms. The summed E-state index contributed by atoms with van der Waals surface area (Å²) in [5.41, 5.74) is 0. The molecule has 2 nitrogen and oxygen atoms in total. The van der Waals surface area contributed by atoms with E-state index < -0.39 is 0 Å². The molecule has 0 spiro atoms. The summed E-state index contributed by atoms with van der Waals surface area (Å²) >= 11 is 0. The van der Waals surface area contributed by atoms with Crippen molar-refractivity contribution in [3.05, 3.63) is 24.2 Å². The van der Waals surface area contributed by atoms with Crippen LogP contribution in [0.4, 0.5) is 0 Å². The Kier molecular flexibility index (Phi) is 4.05. The van der Waals surface area contributed by atoms with Gasteiger partial charge in [-0.2, -0.15) is 0 Å². The minimum Gasteiger partial charge on any atom is -0.468 e. The van der Waals surface area contributed by atoms with Gasteiger partial charge in [-0.3, -0.25) is 0 Å². The maximum atomic E-state index is 5.59. The molecule has 1 aliphatic rings. The average Bonchev–Trinajstić information content (AvgIpc) is 2.91. The Balaban J connectivity index is 2.08. The van der Waals surface area contributed by atoms with E-state index in [2.05, 4.69) is 25.2 Å². The number of nitrogens with one attached hydrogen (secondary N) is 1. The number of hydrogen-bond donors (Lipinski definition) is 1. The Morgan fingerprint density at radius 3 is 2.94 bits per heavy atom. The van der Waals surface area contributed by atoms with E-state index in [0.29, 0.717) is 6.04 Å². The van der Waals surface area contributed by atoms with E-state index in [1.165, 1.54) is 25.7 Å². The van der Waals surface area contributed by atoms with Crippen LogP contribution in [0.25, 0.3) is 0 Å². The summed E-state index contributed by atoms with van der Waals surface area (Å²) in [5, 5.41) is 3.65. The molecule has 0 aromatic carbocycles. The molecule has 3 atom stereocenters. The van der Waals surface area contributed by atoms with Gasteiger partial charge in [-0.05, 0) is 43.4 Å². The highest BCUT2D eigenvalue weighted by atomic mass is 16.3. The van der Waals surface area contributed by atoms with Gasteiger partial charge in [-0.15, -0.1) is 0 Å². The van der Waals surface area contributed by atoms with Crippen LogP contribution in [0.15, 0.2) is 22.8 Å². The fourth-order valence-electron chi connectivity index (χ4n) is 2.90. The first-order chi connectivity index (χ1) is 7.83. The van der Waals surface area contributed by atoms with E-state index in [0.717, 1.165) is 24.1 Å². The molecule has 1 heterocycles. The second-order valence-corrected chi connectivity index (χ2v) is 5.02. The Bertz CT molecular complexity index is 294. The van der Waals surface area contributed by atoms with Crippen LogP contribution >= 0.6 is 0 Å². The first-order valence-corrected chi connectivity index (χ1v) is 6.59. The summed E-state index contributed by atoms with van der Waals surface area (Å²) in [6.07, 6.45) is 7.05. The summed E-state index contributed by atoms with van der Waals surface area (Å²) in [6.45, 7) is 5.67. The maximum Gasteiger partial charge on any atom is 0.120 e. The van der Waals surface area contributed by atoms with Gasteiger partial charge in [0.05, 0.1) is 12.3 Å². The monoisotopic (exact) mass is 221 g/mol. The molecule has 1 fully saturated rings. The van der Waals surface area contributed by atoms with Crippen LogP contribution < -0.4 is 5.32 Å². The molecule has 90 valence electrons. The molecule has 0 saturated heterocycles. The third-order valence-electron chi connectivity index (χ3n) is 3.82. The van der Waals surface area contributed by atoms with Crippen molar-refractivity contribution in [2.75, 3.05) is 6.54 Å². The molecule has 1 aliphatic carbocycles. The molecule has 1 saturated carbocycles. The van der Waals surface area contributed by atoms with Gasteiger partial charge in [0.1, 0.15) is 5.76 Å². The van der Waals surface area contributed by atoms with Crippen LogP contribution in [0, 0.1) is 11.8 Å². The van der Waals surface area contributed by atoms with Crippen LogP contribution in [0.2, 0.25) is 0 Å². The van der Waals surface area contributed by atoms with Gasteiger partial charge in [-0.25, -0.2) is 0 Å². The topological polar surface area (TPSA) is 25.2 Å². The zero-order valence-corrected chi connectivity index (χ0v) is 10.4. The lowest BCUT2D eigenvalue weighted by Gasteiger charge is -2.26. The van der Waals surface area contributed by atoms with E-state index in [1.54, 1.807) is 6.26 Å². The van der Waals surface area contributed by atoms with Crippen LogP contribution in [0.1, 0.15) is 51.3 Å². The largest absolute Gasteiger partial charge is 0.468 e. The van der Waals surface area contributed by atoms with Crippen molar-refractivity contribution >= 4 is 0 Å². The van der Waals surface area contributed by atoms with E-state index >= 15 is 0 Å². The van der Waals surface area contributed by atoms with E-state index in [1.807, 2.05) is 6.07 Å². The molecule has 0 amide bonds. The summed E-state index contributed by atoms with van der Waals surface area (Å²) in [6, 6.07) is 4.53. The molecule has 1 N–H and O–H groups in total. The number of rotatable bonds is 5. The Labute approximate surface area is 98.4 Å². The van der Waals surface area contributed by atoms with Crippen LogP contribution in [0.5, 0.6) is 0 Å². The fourth-order valence-corrected chi connectivity index (χ4v) is 2.90. The van der Waals surface area contributed by atoms with Crippen LogP contribution in [0.3, 0.4) is 0 Å². The first kappa shape index (κ1) is 11.7. The summed E-state index contributed by atoms with van der Waals surface area (Å²) in [7, 11) is 0. The van der Waals surface area contributed by atoms with Gasteiger partial charge in [0.25, 0.3) is 0 Å². The Morgan fingerprint density at radius 1 is 1.50 bits per heavy atom. The third-order valence-corrected chi connectivity index (χ3v) is 3.82. The minimum absolute atomic E-state index is 0.424. The molecule has 1 aromatic heterocycles. The highest BCUT2D eigenvalue weighted by Gasteiger charge is 2.32. The highest BCUT2D eigenvalue weighted by Crippen LogP contribution is 2.40. The molecule has 0 bridgehead atoms. The van der Waals surface area contributed by atoms with Crippen molar-refractivity contribution in [1.82, 2.24) is 5.32 Å². The smallest absolute Gasteiger partial charge is 0.120 e. The van der Waals surface area contributed by atoms with Crippen LogP contribution in [-0.4, -0.2) is 6.54 Å². The van der Waals surface area contributed by atoms with Crippen molar-refractivity contribution in [2.24, 2.45) is 11.8 Å². The molecule has 0 radical (unpaired) electrons. The lowest BCUT2D eigenvalue weighted by molar-refractivity contribution is 0.266. The van der Waals surface area contributed by atoms with Gasteiger partial charge >= 0.3 is 0 Å². The molecule has 3 unspecified atom stereocenters. The fraction of sp³-hybridized carbons (Fsp3) is 0.714. The molecular weight excluding hydrogens is 198 g/mol. The minimum atomic E-state index is 0.424. The standard InChI is InChI=1S/C14H23NO/c1-3-9-15-14(13-8-5-10-16-13)12-7-4-6-11(12)2/h5,8,10-12,14-15H,3-4,6-7,9H2,1-2H3. The van der Waals surface area contributed by atoms with Gasteiger partial charge in [0.15, 0.2) is 0 Å². The predicted molar refractivity (Wildman–Crippen MR) is 66.2 cm³/mol. The van der Waals surface area contributed by atoms with Crippen molar-refractivity contribution < 1.29 is 4.42 Å². The van der Waals surface area contributed by atoms with Gasteiger partial charge < -0.3 is 9.73 Å². The Hall–Kier alpha value is -0.760. The quantitative estimate of drug-likeness (QED) is 0.819. The number of furan rings is 1. The van der Waals surface area contributed by atoms with Crippen molar-refractivity contribution in [1.29, 1.82) is 0 Å². The van der Waals surface area contributed by atoms with Gasteiger partial charge in [0.2, 0.25) is 0 Å². The lowest BCUT2D eigenvalue weighted by Crippen LogP contribution is -2.30. The van der Waals surface area contributed by atoms with Crippen molar-refractivity contribution in [3.63, 3.8) is 0 Å². The molecule has 2 rings (SSSR count). The predicted octanol–water partition coefficient (Wildman–Crippen LogP) is 3.76. The van der Waals surface area contributed by atoms with Crippen molar-refractivity contribution in [2.45, 2.75) is 45.6 Å². The second kappa shape index (κ2) is 5.53. The lowest BCUT2D eigenvalue weighted by atomic mass is 9.88. The van der Waals surface area contributed by atoms with Gasteiger partial charge in [-0.1, -0.05) is 26.7 Å². The zero-order valence-electron chi connectivity index (χ0n) is 10.4. The summed E-state index contributed by atoms with van der Waals surface area (Å²) in [4.78, 5) is 0. The third kappa shape index (κ3) is 2.49. The number of hydrogen-bond acceptors (Lipinski definition) is 2. The highest BCUT2D eigenvalue weighted by molar-refractivity contribution is 5.07. The second-order valence-electron chi connectivity index (χ2n) is 5.02. The van der Waals surface area contributed by atoms with E-state index in [9.17, 15) is 0 Å². The summed E-state index contributed by atoms with van der Waals surface area (Å²) < 4.78 is 5.59. The van der Waals surface area contributed by atoms with E-state index in [4.69, 9.17) is 4.42 Å². The summed E-state index contributed by atoms with van der Waals surface area (Å²) in [5.74, 6) is 2.68. The zero-order chi connectivity index (χ0) is 11.4. The SMILES string of the molecule is CCCNC(c1ccco1)C1CCCC1C. The Morgan fingerprint density at radius 2 is 2.38 bits per heavy atom. The first-order valence-electron chi connectivity index (χ1n) is 6.59. The average molecular weight is 221 g/mol. The van der Waals surface area contributed by atoms with Crippen molar-refractivity contribution in [3.8, 4) is 0 Å². The molecule has 0 aliphatic heterocycles.